The van der Waals surface area contributed by atoms with E-state index in [9.17, 15) is 0 Å². The fourth-order valence-electron chi connectivity index (χ4n) is 7.98. The van der Waals surface area contributed by atoms with E-state index in [-0.39, 0.29) is 0 Å². The highest BCUT2D eigenvalue weighted by molar-refractivity contribution is 6.14. The van der Waals surface area contributed by atoms with Gasteiger partial charge in [-0.25, -0.2) is 0 Å². The zero-order valence-electron chi connectivity index (χ0n) is 29.6. The summed E-state index contributed by atoms with van der Waals surface area (Å²) in [6.07, 6.45) is 0. The highest BCUT2D eigenvalue weighted by Gasteiger charge is 2.22. The van der Waals surface area contributed by atoms with Gasteiger partial charge in [-0.2, -0.15) is 0 Å². The SMILES string of the molecule is c1ccc(-c2ccccc2N(c2ccc(-c3cccc(-c4cccc5ccccc45)c3)cc2)c2ccccc2-c2cccc3oc4ccccc4c23)cc1. The zero-order chi connectivity index (χ0) is 35.8. The molecule has 2 nitrogen and oxygen atoms in total. The highest BCUT2D eigenvalue weighted by atomic mass is 16.3. The molecule has 0 spiro atoms. The topological polar surface area (TPSA) is 16.4 Å². The monoisotopic (exact) mass is 689 g/mol. The van der Waals surface area contributed by atoms with E-state index in [2.05, 4.69) is 205 Å². The number of nitrogens with zero attached hydrogens (tertiary/aromatic N) is 1. The van der Waals surface area contributed by atoms with E-state index in [1.165, 1.54) is 38.6 Å². The smallest absolute Gasteiger partial charge is 0.136 e. The molecule has 0 atom stereocenters. The Morgan fingerprint density at radius 1 is 0.315 bits per heavy atom. The van der Waals surface area contributed by atoms with Crippen LogP contribution in [0.2, 0.25) is 0 Å². The lowest BCUT2D eigenvalue weighted by Crippen LogP contribution is -2.12. The summed E-state index contributed by atoms with van der Waals surface area (Å²) < 4.78 is 6.36. The maximum absolute atomic E-state index is 6.36. The summed E-state index contributed by atoms with van der Waals surface area (Å²) in [5.41, 5.74) is 14.4. The molecule has 1 aromatic heterocycles. The van der Waals surface area contributed by atoms with Crippen molar-refractivity contribution in [3.63, 3.8) is 0 Å². The molecule has 54 heavy (non-hydrogen) atoms. The summed E-state index contributed by atoms with van der Waals surface area (Å²) in [6.45, 7) is 0. The average Bonchev–Trinajstić information content (AvgIpc) is 3.64. The summed E-state index contributed by atoms with van der Waals surface area (Å²) in [7, 11) is 0. The Morgan fingerprint density at radius 2 is 0.870 bits per heavy atom. The van der Waals surface area contributed by atoms with Gasteiger partial charge in [-0.3, -0.25) is 0 Å². The minimum absolute atomic E-state index is 0.884. The van der Waals surface area contributed by atoms with Crippen LogP contribution in [0.25, 0.3) is 77.2 Å². The molecule has 0 aliphatic rings. The van der Waals surface area contributed by atoms with Crippen LogP contribution >= 0.6 is 0 Å². The maximum atomic E-state index is 6.36. The van der Waals surface area contributed by atoms with E-state index in [0.717, 1.165) is 55.7 Å². The Hall–Kier alpha value is -7.16. The second-order valence-corrected chi connectivity index (χ2v) is 13.7. The van der Waals surface area contributed by atoms with Crippen LogP contribution < -0.4 is 4.90 Å². The van der Waals surface area contributed by atoms with Crippen molar-refractivity contribution in [2.45, 2.75) is 0 Å². The quantitative estimate of drug-likeness (QED) is 0.166. The van der Waals surface area contributed by atoms with E-state index >= 15 is 0 Å². The number of hydrogen-bond acceptors (Lipinski definition) is 2. The summed E-state index contributed by atoms with van der Waals surface area (Å²) in [6, 6.07) is 75.9. The Kier molecular flexibility index (Phi) is 7.85. The normalized spacial score (nSPS) is 11.3. The summed E-state index contributed by atoms with van der Waals surface area (Å²) >= 11 is 0. The van der Waals surface area contributed by atoms with Crippen LogP contribution in [0.5, 0.6) is 0 Å². The molecule has 0 amide bonds. The van der Waals surface area contributed by atoms with Crippen LogP contribution in [-0.2, 0) is 0 Å². The predicted molar refractivity (Wildman–Crippen MR) is 228 cm³/mol. The fraction of sp³-hybridized carbons (Fsp3) is 0. The first kappa shape index (κ1) is 31.6. The number of para-hydroxylation sites is 3. The van der Waals surface area contributed by atoms with Crippen LogP contribution in [-0.4, -0.2) is 0 Å². The molecular weight excluding hydrogens is 655 g/mol. The van der Waals surface area contributed by atoms with Gasteiger partial charge in [-0.05, 0) is 86.6 Å². The lowest BCUT2D eigenvalue weighted by molar-refractivity contribution is 0.669. The first-order valence-corrected chi connectivity index (χ1v) is 18.4. The number of hydrogen-bond donors (Lipinski definition) is 0. The second-order valence-electron chi connectivity index (χ2n) is 13.7. The van der Waals surface area contributed by atoms with Gasteiger partial charge in [0.2, 0.25) is 0 Å². The zero-order valence-corrected chi connectivity index (χ0v) is 29.6. The van der Waals surface area contributed by atoms with Crippen molar-refractivity contribution in [3.05, 3.63) is 212 Å². The van der Waals surface area contributed by atoms with Crippen molar-refractivity contribution < 1.29 is 4.42 Å². The first-order valence-electron chi connectivity index (χ1n) is 18.4. The molecule has 0 saturated heterocycles. The van der Waals surface area contributed by atoms with E-state index < -0.39 is 0 Å². The molecular formula is C52H35NO. The first-order chi connectivity index (χ1) is 26.8. The van der Waals surface area contributed by atoms with E-state index in [1.807, 2.05) is 12.1 Å². The molecule has 0 radical (unpaired) electrons. The number of benzene rings is 9. The largest absolute Gasteiger partial charge is 0.456 e. The molecule has 0 saturated carbocycles. The van der Waals surface area contributed by atoms with Crippen molar-refractivity contribution in [2.75, 3.05) is 4.90 Å². The van der Waals surface area contributed by atoms with Crippen LogP contribution in [0.1, 0.15) is 0 Å². The standard InChI is InChI=1S/C52H35NO/c1-2-15-38(16-3-1)44-22-6-9-27-48(44)53(49-28-10-7-23-45(49)46-26-14-30-51-52(46)47-24-8-11-29-50(47)54-51)41-33-31-36(32-34-41)39-19-12-20-40(35-39)43-25-13-18-37-17-4-5-21-42(37)43/h1-35H. The molecule has 0 aliphatic heterocycles. The molecule has 2 heteroatoms. The summed E-state index contributed by atoms with van der Waals surface area (Å²) in [5, 5.41) is 4.75. The van der Waals surface area contributed by atoms with Crippen molar-refractivity contribution in [1.82, 2.24) is 0 Å². The highest BCUT2D eigenvalue weighted by Crippen LogP contribution is 2.47. The van der Waals surface area contributed by atoms with Crippen molar-refractivity contribution in [2.24, 2.45) is 0 Å². The molecule has 0 N–H and O–H groups in total. The summed E-state index contributed by atoms with van der Waals surface area (Å²) in [4.78, 5) is 2.41. The number of rotatable bonds is 7. The molecule has 254 valence electrons. The van der Waals surface area contributed by atoms with Crippen molar-refractivity contribution in [1.29, 1.82) is 0 Å². The third-order valence-electron chi connectivity index (χ3n) is 10.5. The average molecular weight is 690 g/mol. The molecule has 0 unspecified atom stereocenters. The van der Waals surface area contributed by atoms with E-state index in [0.29, 0.717) is 0 Å². The molecule has 10 rings (SSSR count). The second kappa shape index (κ2) is 13.4. The third kappa shape index (κ3) is 5.53. The van der Waals surface area contributed by atoms with Crippen LogP contribution in [0.4, 0.5) is 17.1 Å². The van der Waals surface area contributed by atoms with Gasteiger partial charge in [0, 0.05) is 27.6 Å². The van der Waals surface area contributed by atoms with Gasteiger partial charge >= 0.3 is 0 Å². The molecule has 10 aromatic rings. The molecule has 0 aliphatic carbocycles. The lowest BCUT2D eigenvalue weighted by Gasteiger charge is -2.30. The van der Waals surface area contributed by atoms with Gasteiger partial charge < -0.3 is 9.32 Å². The van der Waals surface area contributed by atoms with Crippen molar-refractivity contribution in [3.8, 4) is 44.5 Å². The van der Waals surface area contributed by atoms with Crippen LogP contribution in [0, 0.1) is 0 Å². The van der Waals surface area contributed by atoms with Crippen LogP contribution in [0.15, 0.2) is 217 Å². The summed E-state index contributed by atoms with van der Waals surface area (Å²) in [5.74, 6) is 0. The van der Waals surface area contributed by atoms with Crippen molar-refractivity contribution >= 4 is 49.8 Å². The Morgan fingerprint density at radius 3 is 1.72 bits per heavy atom. The third-order valence-corrected chi connectivity index (χ3v) is 10.5. The molecule has 1 heterocycles. The number of fused-ring (bicyclic) bond motifs is 4. The van der Waals surface area contributed by atoms with Gasteiger partial charge in [-0.15, -0.1) is 0 Å². The molecule has 0 bridgehead atoms. The Balaban J connectivity index is 1.14. The van der Waals surface area contributed by atoms with Gasteiger partial charge in [0.05, 0.1) is 11.4 Å². The number of anilines is 3. The van der Waals surface area contributed by atoms with Crippen LogP contribution in [0.3, 0.4) is 0 Å². The van der Waals surface area contributed by atoms with Gasteiger partial charge in [0.1, 0.15) is 11.2 Å². The Bertz CT molecular complexity index is 2930. The number of furan rings is 1. The predicted octanol–water partition coefficient (Wildman–Crippen LogP) is 14.9. The maximum Gasteiger partial charge on any atom is 0.136 e. The van der Waals surface area contributed by atoms with Gasteiger partial charge in [-0.1, -0.05) is 170 Å². The Labute approximate surface area is 314 Å². The van der Waals surface area contributed by atoms with E-state index in [1.54, 1.807) is 0 Å². The fourth-order valence-corrected chi connectivity index (χ4v) is 7.98. The molecule has 0 fully saturated rings. The lowest BCUT2D eigenvalue weighted by atomic mass is 9.94. The van der Waals surface area contributed by atoms with Gasteiger partial charge in [0.25, 0.3) is 0 Å². The minimum Gasteiger partial charge on any atom is -0.456 e. The molecule has 9 aromatic carbocycles. The van der Waals surface area contributed by atoms with E-state index in [4.69, 9.17) is 4.42 Å². The van der Waals surface area contributed by atoms with Gasteiger partial charge in [0.15, 0.2) is 0 Å². The minimum atomic E-state index is 0.884.